The van der Waals surface area contributed by atoms with Crippen LogP contribution in [0.25, 0.3) is 11.1 Å². The van der Waals surface area contributed by atoms with Crippen LogP contribution in [0.15, 0.2) is 54.6 Å². The molecule has 2 aromatic carbocycles. The smallest absolute Gasteiger partial charge is 0.322 e. The lowest BCUT2D eigenvalue weighted by Gasteiger charge is -2.11. The summed E-state index contributed by atoms with van der Waals surface area (Å²) in [4.78, 5) is 16.0. The molecule has 1 aliphatic carbocycles. The van der Waals surface area contributed by atoms with Crippen molar-refractivity contribution < 1.29 is 18.0 Å². The van der Waals surface area contributed by atoms with E-state index in [9.17, 15) is 18.0 Å². The van der Waals surface area contributed by atoms with E-state index in [0.717, 1.165) is 29.7 Å². The van der Waals surface area contributed by atoms with E-state index >= 15 is 0 Å². The van der Waals surface area contributed by atoms with Crippen molar-refractivity contribution in [3.05, 3.63) is 82.7 Å². The van der Waals surface area contributed by atoms with Gasteiger partial charge in [-0.05, 0) is 59.9 Å². The maximum Gasteiger partial charge on any atom is 0.433 e. The highest BCUT2D eigenvalue weighted by atomic mass is 19.4. The molecule has 1 aliphatic rings. The van der Waals surface area contributed by atoms with Crippen LogP contribution in [0.5, 0.6) is 0 Å². The van der Waals surface area contributed by atoms with Gasteiger partial charge in [0.15, 0.2) is 0 Å². The number of aromatic nitrogens is 1. The number of hydrogen-bond donors (Lipinski definition) is 1. The minimum absolute atomic E-state index is 0.0379. The first-order chi connectivity index (χ1) is 12.8. The fraction of sp³-hybridized carbons (Fsp3) is 0.143. The molecule has 3 nitrogen and oxygen atoms in total. The molecule has 0 atom stereocenters. The fourth-order valence-corrected chi connectivity index (χ4v) is 3.38. The molecule has 136 valence electrons. The largest absolute Gasteiger partial charge is 0.433 e. The number of nitrogens with one attached hydrogen (secondary N) is 1. The lowest BCUT2D eigenvalue weighted by Crippen LogP contribution is -2.16. The number of aryl methyl sites for hydroxylation is 1. The molecule has 1 heterocycles. The summed E-state index contributed by atoms with van der Waals surface area (Å²) in [7, 11) is 0. The van der Waals surface area contributed by atoms with Gasteiger partial charge in [-0.25, -0.2) is 4.98 Å². The Balaban J connectivity index is 1.57. The van der Waals surface area contributed by atoms with Gasteiger partial charge in [-0.1, -0.05) is 30.3 Å². The van der Waals surface area contributed by atoms with Gasteiger partial charge >= 0.3 is 6.18 Å². The second-order valence-corrected chi connectivity index (χ2v) is 6.49. The molecule has 1 N–H and O–H groups in total. The van der Waals surface area contributed by atoms with Gasteiger partial charge in [0.2, 0.25) is 0 Å². The number of amides is 1. The molecule has 0 spiro atoms. The summed E-state index contributed by atoms with van der Waals surface area (Å²) in [5.74, 6) is -0.482. The molecule has 0 radical (unpaired) electrons. The number of rotatable bonds is 2. The third-order valence-corrected chi connectivity index (χ3v) is 4.67. The van der Waals surface area contributed by atoms with Crippen LogP contribution in [-0.2, 0) is 12.6 Å². The Morgan fingerprint density at radius 3 is 2.48 bits per heavy atom. The number of nitrogens with zero attached hydrogens (tertiary/aromatic N) is 1. The van der Waals surface area contributed by atoms with Crippen molar-refractivity contribution in [1.82, 2.24) is 4.98 Å². The zero-order valence-corrected chi connectivity index (χ0v) is 14.4. The first-order valence-electron chi connectivity index (χ1n) is 8.40. The second kappa shape index (κ2) is 6.23. The van der Waals surface area contributed by atoms with Gasteiger partial charge in [-0.3, -0.25) is 4.79 Å². The molecule has 0 bridgehead atoms. The molecule has 0 unspecified atom stereocenters. The van der Waals surface area contributed by atoms with Gasteiger partial charge in [-0.2, -0.15) is 13.2 Å². The van der Waals surface area contributed by atoms with Crippen molar-refractivity contribution in [2.45, 2.75) is 19.5 Å². The minimum atomic E-state index is -4.53. The van der Waals surface area contributed by atoms with Gasteiger partial charge < -0.3 is 5.32 Å². The van der Waals surface area contributed by atoms with Gasteiger partial charge in [0, 0.05) is 5.69 Å². The number of alkyl halides is 3. The highest BCUT2D eigenvalue weighted by Gasteiger charge is 2.33. The van der Waals surface area contributed by atoms with Crippen molar-refractivity contribution >= 4 is 11.6 Å². The number of hydrogen-bond acceptors (Lipinski definition) is 2. The van der Waals surface area contributed by atoms with Crippen LogP contribution < -0.4 is 5.32 Å². The van der Waals surface area contributed by atoms with Crippen molar-refractivity contribution in [2.75, 3.05) is 5.32 Å². The van der Waals surface area contributed by atoms with Crippen molar-refractivity contribution in [1.29, 1.82) is 0 Å². The Morgan fingerprint density at radius 1 is 1.00 bits per heavy atom. The van der Waals surface area contributed by atoms with Crippen molar-refractivity contribution in [3.63, 3.8) is 0 Å². The molecule has 0 fully saturated rings. The predicted octanol–water partition coefficient (Wildman–Crippen LogP) is 5.23. The lowest BCUT2D eigenvalue weighted by atomic mass is 10.1. The SMILES string of the molecule is Cc1nc(C(F)(F)F)ccc1C(=O)Nc1ccc2c(c1)Cc1ccccc1-2. The van der Waals surface area contributed by atoms with E-state index in [2.05, 4.69) is 22.4 Å². The molecule has 4 rings (SSSR count). The Hall–Kier alpha value is -3.15. The molecule has 1 amide bonds. The van der Waals surface area contributed by atoms with E-state index in [0.29, 0.717) is 5.69 Å². The third-order valence-electron chi connectivity index (χ3n) is 4.67. The summed E-state index contributed by atoms with van der Waals surface area (Å²) in [5, 5.41) is 2.75. The average Bonchev–Trinajstić information content (AvgIpc) is 2.98. The zero-order chi connectivity index (χ0) is 19.2. The molecule has 0 saturated carbocycles. The number of benzene rings is 2. The van der Waals surface area contributed by atoms with Crippen LogP contribution >= 0.6 is 0 Å². The van der Waals surface area contributed by atoms with E-state index in [1.165, 1.54) is 18.1 Å². The molecular weight excluding hydrogens is 353 g/mol. The normalized spacial score (nSPS) is 12.4. The van der Waals surface area contributed by atoms with E-state index in [1.54, 1.807) is 6.07 Å². The van der Waals surface area contributed by atoms with Gasteiger partial charge in [-0.15, -0.1) is 0 Å². The highest BCUT2D eigenvalue weighted by molar-refractivity contribution is 6.05. The third kappa shape index (κ3) is 3.18. The Morgan fingerprint density at radius 2 is 1.74 bits per heavy atom. The number of halogens is 3. The maximum atomic E-state index is 12.7. The summed E-state index contributed by atoms with van der Waals surface area (Å²) in [6.07, 6.45) is -3.75. The fourth-order valence-electron chi connectivity index (χ4n) is 3.38. The van der Waals surface area contributed by atoms with Crippen LogP contribution in [0, 0.1) is 6.92 Å². The summed E-state index contributed by atoms with van der Waals surface area (Å²) in [6.45, 7) is 1.39. The Kier molecular flexibility index (Phi) is 3.98. The second-order valence-electron chi connectivity index (χ2n) is 6.49. The lowest BCUT2D eigenvalue weighted by molar-refractivity contribution is -0.141. The average molecular weight is 368 g/mol. The monoisotopic (exact) mass is 368 g/mol. The Bertz CT molecular complexity index is 1060. The van der Waals surface area contributed by atoms with Crippen LogP contribution in [0.3, 0.4) is 0 Å². The van der Waals surface area contributed by atoms with E-state index < -0.39 is 17.8 Å². The summed E-state index contributed by atoms with van der Waals surface area (Å²) in [6, 6.07) is 15.8. The number of carbonyl (C=O) groups is 1. The number of fused-ring (bicyclic) bond motifs is 3. The summed E-state index contributed by atoms with van der Waals surface area (Å²) < 4.78 is 38.2. The van der Waals surface area contributed by atoms with Crippen LogP contribution in [-0.4, -0.2) is 10.9 Å². The maximum absolute atomic E-state index is 12.7. The number of carbonyl (C=O) groups excluding carboxylic acids is 1. The van der Waals surface area contributed by atoms with Crippen LogP contribution in [0.1, 0.15) is 32.9 Å². The first-order valence-corrected chi connectivity index (χ1v) is 8.40. The van der Waals surface area contributed by atoms with E-state index in [4.69, 9.17) is 0 Å². The molecular formula is C21H15F3N2O. The highest BCUT2D eigenvalue weighted by Crippen LogP contribution is 2.37. The number of pyridine rings is 1. The zero-order valence-electron chi connectivity index (χ0n) is 14.4. The molecule has 6 heteroatoms. The van der Waals surface area contributed by atoms with Crippen molar-refractivity contribution in [3.8, 4) is 11.1 Å². The molecule has 1 aromatic heterocycles. The van der Waals surface area contributed by atoms with Crippen molar-refractivity contribution in [2.24, 2.45) is 0 Å². The number of anilines is 1. The molecule has 3 aromatic rings. The quantitative estimate of drug-likeness (QED) is 0.526. The predicted molar refractivity (Wildman–Crippen MR) is 96.6 cm³/mol. The molecule has 0 saturated heterocycles. The van der Waals surface area contributed by atoms with Crippen LogP contribution in [0.2, 0.25) is 0 Å². The Labute approximate surface area is 153 Å². The summed E-state index contributed by atoms with van der Waals surface area (Å²) >= 11 is 0. The summed E-state index contributed by atoms with van der Waals surface area (Å²) in [5.41, 5.74) is 4.42. The van der Waals surface area contributed by atoms with Crippen LogP contribution in [0.4, 0.5) is 18.9 Å². The first kappa shape index (κ1) is 17.3. The van der Waals surface area contributed by atoms with E-state index in [1.807, 2.05) is 24.3 Å². The minimum Gasteiger partial charge on any atom is -0.322 e. The molecule has 27 heavy (non-hydrogen) atoms. The van der Waals surface area contributed by atoms with Gasteiger partial charge in [0.1, 0.15) is 5.69 Å². The standard InChI is InChI=1S/C21H15F3N2O/c1-12-16(8-9-19(25-12)21(22,23)24)20(27)26-15-6-7-18-14(11-15)10-13-4-2-3-5-17(13)18/h2-9,11H,10H2,1H3,(H,26,27). The van der Waals surface area contributed by atoms with E-state index in [-0.39, 0.29) is 11.3 Å². The topological polar surface area (TPSA) is 42.0 Å². The van der Waals surface area contributed by atoms with Gasteiger partial charge in [0.25, 0.3) is 5.91 Å². The molecule has 0 aliphatic heterocycles. The van der Waals surface area contributed by atoms with Gasteiger partial charge in [0.05, 0.1) is 11.3 Å².